The number of aromatic carboxylic acids is 1. The van der Waals surface area contributed by atoms with Gasteiger partial charge in [0.1, 0.15) is 0 Å². The number of carboxylic acids is 1. The molecule has 0 N–H and O–H groups in total. The van der Waals surface area contributed by atoms with E-state index in [-0.39, 0.29) is 5.56 Å². The predicted molar refractivity (Wildman–Crippen MR) is 100 cm³/mol. The van der Waals surface area contributed by atoms with Crippen LogP contribution in [0.15, 0.2) is 60.8 Å². The lowest BCUT2D eigenvalue weighted by Crippen LogP contribution is -2.22. The minimum atomic E-state index is -1.25. The average molecular weight is 382 g/mol. The first kappa shape index (κ1) is 17.8. The summed E-state index contributed by atoms with van der Waals surface area (Å²) in [7, 11) is 0. The summed E-state index contributed by atoms with van der Waals surface area (Å²) in [6.45, 7) is 0. The molecular weight excluding hydrogens is 371 g/mol. The largest absolute Gasteiger partial charge is 0.545 e. The molecule has 0 atom stereocenters. The molecule has 0 radical (unpaired) electrons. The molecule has 1 heterocycles. The third-order valence-corrected chi connectivity index (χ3v) is 4.32. The highest BCUT2D eigenvalue weighted by Gasteiger charge is 2.09. The number of carbonyl (C=O) groups excluding carboxylic acids is 1. The Labute approximate surface area is 160 Å². The average Bonchev–Trinajstić information content (AvgIpc) is 3.08. The first-order chi connectivity index (χ1) is 12.5. The third kappa shape index (κ3) is 3.65. The third-order valence-electron chi connectivity index (χ3n) is 3.77. The minimum Gasteiger partial charge on any atom is -0.545 e. The lowest BCUT2D eigenvalue weighted by molar-refractivity contribution is -0.255. The van der Waals surface area contributed by atoms with Gasteiger partial charge in [0.05, 0.1) is 22.6 Å². The second-order valence-electron chi connectivity index (χ2n) is 5.43. The molecule has 0 unspecified atom stereocenters. The second kappa shape index (κ2) is 7.49. The molecule has 3 rings (SSSR count). The summed E-state index contributed by atoms with van der Waals surface area (Å²) in [5.41, 5.74) is 2.34. The van der Waals surface area contributed by atoms with E-state index in [9.17, 15) is 15.2 Å². The van der Waals surface area contributed by atoms with E-state index in [2.05, 4.69) is 6.07 Å². The maximum Gasteiger partial charge on any atom is 0.0999 e. The molecule has 0 spiro atoms. The molecule has 0 aliphatic carbocycles. The number of aromatic nitrogens is 1. The van der Waals surface area contributed by atoms with Gasteiger partial charge in [-0.15, -0.1) is 0 Å². The maximum absolute atomic E-state index is 11.1. The number of nitriles is 1. The van der Waals surface area contributed by atoms with E-state index >= 15 is 0 Å². The van der Waals surface area contributed by atoms with Crippen LogP contribution in [0.25, 0.3) is 17.3 Å². The zero-order valence-electron chi connectivity index (χ0n) is 13.3. The fourth-order valence-electron chi connectivity index (χ4n) is 2.56. The molecule has 3 aromatic rings. The van der Waals surface area contributed by atoms with Crippen molar-refractivity contribution < 1.29 is 9.90 Å². The monoisotopic (exact) mass is 381 g/mol. The van der Waals surface area contributed by atoms with Crippen LogP contribution < -0.4 is 5.11 Å². The second-order valence-corrected chi connectivity index (χ2v) is 6.28. The predicted octanol–water partition coefficient (Wildman–Crippen LogP) is 4.21. The number of benzene rings is 2. The number of rotatable bonds is 4. The normalized spacial score (nSPS) is 11.2. The van der Waals surface area contributed by atoms with E-state index < -0.39 is 5.97 Å². The number of halogens is 2. The molecule has 0 saturated heterocycles. The Hall–Kier alpha value is -3.00. The van der Waals surface area contributed by atoms with Crippen LogP contribution in [-0.4, -0.2) is 10.5 Å². The molecule has 0 amide bonds. The molecule has 1 aromatic heterocycles. The van der Waals surface area contributed by atoms with Crippen molar-refractivity contribution in [1.82, 2.24) is 4.57 Å². The molecule has 0 saturated carbocycles. The van der Waals surface area contributed by atoms with Gasteiger partial charge in [-0.1, -0.05) is 41.4 Å². The molecule has 0 aliphatic heterocycles. The van der Waals surface area contributed by atoms with E-state index in [4.69, 9.17) is 23.2 Å². The van der Waals surface area contributed by atoms with Gasteiger partial charge in [0.25, 0.3) is 0 Å². The molecule has 4 nitrogen and oxygen atoms in total. The lowest BCUT2D eigenvalue weighted by atomic mass is 10.1. The summed E-state index contributed by atoms with van der Waals surface area (Å²) in [5.74, 6) is -1.25. The molecule has 0 aliphatic rings. The first-order valence-electron chi connectivity index (χ1n) is 7.56. The summed E-state index contributed by atoms with van der Waals surface area (Å²) in [6.07, 6.45) is 3.46. The van der Waals surface area contributed by atoms with Crippen molar-refractivity contribution in [1.29, 1.82) is 5.26 Å². The SMILES string of the molecule is N#C/C(=C\c1cccn1-c1cccc(C(=O)[O-])c1)c1ccc(Cl)cc1Cl. The van der Waals surface area contributed by atoms with E-state index in [1.165, 1.54) is 12.1 Å². The fourth-order valence-corrected chi connectivity index (χ4v) is 3.07. The van der Waals surface area contributed by atoms with Crippen molar-refractivity contribution >= 4 is 40.8 Å². The summed E-state index contributed by atoms with van der Waals surface area (Å²) in [4.78, 5) is 11.1. The van der Waals surface area contributed by atoms with Crippen LogP contribution in [0.3, 0.4) is 0 Å². The maximum atomic E-state index is 11.1. The first-order valence-corrected chi connectivity index (χ1v) is 8.31. The van der Waals surface area contributed by atoms with Crippen molar-refractivity contribution in [2.75, 3.05) is 0 Å². The highest BCUT2D eigenvalue weighted by molar-refractivity contribution is 6.36. The highest BCUT2D eigenvalue weighted by atomic mass is 35.5. The fraction of sp³-hybridized carbons (Fsp3) is 0. The molecule has 0 fully saturated rings. The van der Waals surface area contributed by atoms with Gasteiger partial charge in [0.2, 0.25) is 0 Å². The lowest BCUT2D eigenvalue weighted by Gasteiger charge is -2.10. The number of hydrogen-bond donors (Lipinski definition) is 0. The Morgan fingerprint density at radius 2 is 1.92 bits per heavy atom. The van der Waals surface area contributed by atoms with E-state index in [1.54, 1.807) is 53.2 Å². The summed E-state index contributed by atoms with van der Waals surface area (Å²) < 4.78 is 1.77. The van der Waals surface area contributed by atoms with Gasteiger partial charge in [-0.05, 0) is 48.0 Å². The topological polar surface area (TPSA) is 68.8 Å². The summed E-state index contributed by atoms with van der Waals surface area (Å²) in [5, 5.41) is 21.5. The van der Waals surface area contributed by atoms with Crippen molar-refractivity contribution in [3.8, 4) is 11.8 Å². The number of carboxylic acid groups (broad SMARTS) is 1. The number of nitrogens with zero attached hydrogens (tertiary/aromatic N) is 2. The molecule has 26 heavy (non-hydrogen) atoms. The standard InChI is InChI=1S/C20H12Cl2N2O2/c21-15-6-7-18(19(22)11-15)14(12-23)10-17-5-2-8-24(17)16-4-1-3-13(9-16)20(25)26/h1-11H,(H,25,26)/p-1/b14-10+. The van der Waals surface area contributed by atoms with Crippen LogP contribution in [0, 0.1) is 11.3 Å². The molecular formula is C20H11Cl2N2O2-. The van der Waals surface area contributed by atoms with E-state index in [0.717, 1.165) is 0 Å². The Bertz CT molecular complexity index is 1060. The Kier molecular flexibility index (Phi) is 5.13. The smallest absolute Gasteiger partial charge is 0.0999 e. The van der Waals surface area contributed by atoms with Crippen LogP contribution in [0.2, 0.25) is 10.0 Å². The van der Waals surface area contributed by atoms with Crippen LogP contribution in [0.1, 0.15) is 21.6 Å². The van der Waals surface area contributed by atoms with Crippen molar-refractivity contribution in [2.45, 2.75) is 0 Å². The van der Waals surface area contributed by atoms with Gasteiger partial charge in [-0.25, -0.2) is 0 Å². The summed E-state index contributed by atoms with van der Waals surface area (Å²) >= 11 is 12.1. The molecule has 0 bridgehead atoms. The molecule has 2 aromatic carbocycles. The van der Waals surface area contributed by atoms with Crippen LogP contribution >= 0.6 is 23.2 Å². The quantitative estimate of drug-likeness (QED) is 0.635. The van der Waals surface area contributed by atoms with Crippen molar-refractivity contribution in [3.05, 3.63) is 87.7 Å². The number of allylic oxidation sites excluding steroid dienone is 1. The van der Waals surface area contributed by atoms with Gasteiger partial charge in [0, 0.05) is 28.2 Å². The van der Waals surface area contributed by atoms with Gasteiger partial charge in [0.15, 0.2) is 0 Å². The van der Waals surface area contributed by atoms with Crippen LogP contribution in [0.5, 0.6) is 0 Å². The Morgan fingerprint density at radius 1 is 1.12 bits per heavy atom. The minimum absolute atomic E-state index is 0.0763. The highest BCUT2D eigenvalue weighted by Crippen LogP contribution is 2.28. The van der Waals surface area contributed by atoms with Gasteiger partial charge in [-0.2, -0.15) is 5.26 Å². The van der Waals surface area contributed by atoms with Gasteiger partial charge >= 0.3 is 0 Å². The number of hydrogen-bond acceptors (Lipinski definition) is 3. The van der Waals surface area contributed by atoms with E-state index in [1.807, 2.05) is 6.07 Å². The molecule has 128 valence electrons. The Balaban J connectivity index is 2.07. The van der Waals surface area contributed by atoms with Gasteiger partial charge < -0.3 is 14.5 Å². The van der Waals surface area contributed by atoms with E-state index in [0.29, 0.717) is 32.6 Å². The molecule has 6 heteroatoms. The zero-order valence-corrected chi connectivity index (χ0v) is 14.8. The van der Waals surface area contributed by atoms with Gasteiger partial charge in [-0.3, -0.25) is 0 Å². The number of carbonyl (C=O) groups is 1. The zero-order chi connectivity index (χ0) is 18.7. The van der Waals surface area contributed by atoms with Crippen LogP contribution in [0.4, 0.5) is 0 Å². The Morgan fingerprint density at radius 3 is 2.62 bits per heavy atom. The summed E-state index contributed by atoms with van der Waals surface area (Å²) in [6, 6.07) is 17.1. The van der Waals surface area contributed by atoms with Crippen LogP contribution in [-0.2, 0) is 0 Å². The van der Waals surface area contributed by atoms with Crippen molar-refractivity contribution in [3.63, 3.8) is 0 Å². The van der Waals surface area contributed by atoms with Crippen molar-refractivity contribution in [2.24, 2.45) is 0 Å².